The summed E-state index contributed by atoms with van der Waals surface area (Å²) in [5, 5.41) is 5.34. The van der Waals surface area contributed by atoms with Crippen molar-refractivity contribution in [2.24, 2.45) is 0 Å². The number of hydrogen-bond donors (Lipinski definition) is 1. The number of thiophene rings is 1. The first-order chi connectivity index (χ1) is 9.70. The van der Waals surface area contributed by atoms with Crippen molar-refractivity contribution in [1.82, 2.24) is 5.32 Å². The van der Waals surface area contributed by atoms with E-state index < -0.39 is 0 Å². The summed E-state index contributed by atoms with van der Waals surface area (Å²) in [7, 11) is 0. The second kappa shape index (κ2) is 7.53. The third-order valence-corrected chi connectivity index (χ3v) is 3.95. The van der Waals surface area contributed by atoms with Crippen molar-refractivity contribution in [3.05, 3.63) is 47.1 Å². The molecule has 0 spiro atoms. The van der Waals surface area contributed by atoms with Gasteiger partial charge in [-0.3, -0.25) is 0 Å². The summed E-state index contributed by atoms with van der Waals surface area (Å²) in [6.45, 7) is 6.20. The number of benzene rings is 1. The van der Waals surface area contributed by atoms with Gasteiger partial charge in [-0.25, -0.2) is 4.39 Å². The van der Waals surface area contributed by atoms with Gasteiger partial charge >= 0.3 is 0 Å². The minimum Gasteiger partial charge on any atom is -0.380 e. The van der Waals surface area contributed by atoms with E-state index in [2.05, 4.69) is 12.2 Å². The van der Waals surface area contributed by atoms with Crippen molar-refractivity contribution < 1.29 is 9.13 Å². The van der Waals surface area contributed by atoms with Gasteiger partial charge < -0.3 is 10.1 Å². The number of ether oxygens (including phenoxy) is 1. The van der Waals surface area contributed by atoms with E-state index in [1.807, 2.05) is 36.6 Å². The molecule has 0 amide bonds. The molecule has 1 heterocycles. The molecule has 0 bridgehead atoms. The molecule has 0 aliphatic rings. The zero-order valence-electron chi connectivity index (χ0n) is 11.9. The standard InChI is InChI=1S/C16H20FNOS/c1-3-19-11-12(2)18-10-13-6-7-15(17)14(9-13)16-5-4-8-20-16/h4-9,12,18H,3,10-11H2,1-2H3. The Morgan fingerprint density at radius 1 is 1.35 bits per heavy atom. The summed E-state index contributed by atoms with van der Waals surface area (Å²) in [6, 6.07) is 9.45. The molecule has 1 aromatic heterocycles. The second-order valence-corrected chi connectivity index (χ2v) is 5.68. The fourth-order valence-corrected chi connectivity index (χ4v) is 2.69. The predicted molar refractivity (Wildman–Crippen MR) is 82.5 cm³/mol. The van der Waals surface area contributed by atoms with Gasteiger partial charge in [-0.2, -0.15) is 0 Å². The molecule has 0 aliphatic heterocycles. The number of halogens is 1. The fraction of sp³-hybridized carbons (Fsp3) is 0.375. The molecule has 0 radical (unpaired) electrons. The normalized spacial score (nSPS) is 12.6. The molecule has 0 aliphatic carbocycles. The molecule has 0 saturated carbocycles. The molecule has 1 atom stereocenters. The van der Waals surface area contributed by atoms with Crippen molar-refractivity contribution >= 4 is 11.3 Å². The van der Waals surface area contributed by atoms with Crippen LogP contribution in [0, 0.1) is 5.82 Å². The van der Waals surface area contributed by atoms with Gasteiger partial charge in [-0.1, -0.05) is 12.1 Å². The fourth-order valence-electron chi connectivity index (χ4n) is 1.95. The lowest BCUT2D eigenvalue weighted by Gasteiger charge is -2.14. The van der Waals surface area contributed by atoms with Crippen LogP contribution in [0.15, 0.2) is 35.7 Å². The van der Waals surface area contributed by atoms with Crippen molar-refractivity contribution in [3.63, 3.8) is 0 Å². The Labute approximate surface area is 123 Å². The first-order valence-corrected chi connectivity index (χ1v) is 7.72. The summed E-state index contributed by atoms with van der Waals surface area (Å²) in [5.74, 6) is -0.168. The average molecular weight is 293 g/mol. The summed E-state index contributed by atoms with van der Waals surface area (Å²) in [4.78, 5) is 0.965. The highest BCUT2D eigenvalue weighted by Gasteiger charge is 2.08. The maximum atomic E-state index is 13.9. The Bertz CT molecular complexity index is 527. The highest BCUT2D eigenvalue weighted by atomic mass is 32.1. The highest BCUT2D eigenvalue weighted by Crippen LogP contribution is 2.28. The zero-order chi connectivity index (χ0) is 14.4. The maximum absolute atomic E-state index is 13.9. The lowest BCUT2D eigenvalue weighted by Crippen LogP contribution is -2.30. The van der Waals surface area contributed by atoms with Gasteiger partial charge in [0.2, 0.25) is 0 Å². The number of rotatable bonds is 7. The van der Waals surface area contributed by atoms with E-state index in [-0.39, 0.29) is 11.9 Å². The van der Waals surface area contributed by atoms with Crippen molar-refractivity contribution in [2.75, 3.05) is 13.2 Å². The van der Waals surface area contributed by atoms with Crippen molar-refractivity contribution in [2.45, 2.75) is 26.4 Å². The van der Waals surface area contributed by atoms with Gasteiger partial charge in [-0.05, 0) is 43.0 Å². The Morgan fingerprint density at radius 3 is 2.90 bits per heavy atom. The highest BCUT2D eigenvalue weighted by molar-refractivity contribution is 7.13. The molecule has 2 nitrogen and oxygen atoms in total. The molecule has 1 unspecified atom stereocenters. The van der Waals surface area contributed by atoms with Gasteiger partial charge in [-0.15, -0.1) is 11.3 Å². The van der Waals surface area contributed by atoms with Crippen LogP contribution in [0.5, 0.6) is 0 Å². The summed E-state index contributed by atoms with van der Waals surface area (Å²) in [5.41, 5.74) is 1.76. The summed E-state index contributed by atoms with van der Waals surface area (Å²) in [6.07, 6.45) is 0. The minimum absolute atomic E-state index is 0.168. The largest absolute Gasteiger partial charge is 0.380 e. The van der Waals surface area contributed by atoms with Crippen LogP contribution in [0.1, 0.15) is 19.4 Å². The molecule has 1 aromatic carbocycles. The second-order valence-electron chi connectivity index (χ2n) is 4.73. The van der Waals surface area contributed by atoms with Crippen molar-refractivity contribution in [3.8, 4) is 10.4 Å². The quantitative estimate of drug-likeness (QED) is 0.831. The molecular weight excluding hydrogens is 273 g/mol. The van der Waals surface area contributed by atoms with E-state index in [9.17, 15) is 4.39 Å². The van der Waals surface area contributed by atoms with Crippen LogP contribution in [0.25, 0.3) is 10.4 Å². The van der Waals surface area contributed by atoms with E-state index in [1.54, 1.807) is 17.4 Å². The SMILES string of the molecule is CCOCC(C)NCc1ccc(F)c(-c2cccs2)c1. The Morgan fingerprint density at radius 2 is 2.20 bits per heavy atom. The lowest BCUT2D eigenvalue weighted by molar-refractivity contribution is 0.127. The van der Waals surface area contributed by atoms with Crippen LogP contribution >= 0.6 is 11.3 Å². The third-order valence-electron chi connectivity index (χ3n) is 3.04. The van der Waals surface area contributed by atoms with E-state index in [0.717, 1.165) is 17.0 Å². The first kappa shape index (κ1) is 15.2. The van der Waals surface area contributed by atoms with Crippen LogP contribution in [0.3, 0.4) is 0 Å². The first-order valence-electron chi connectivity index (χ1n) is 6.84. The molecule has 2 aromatic rings. The van der Waals surface area contributed by atoms with Gasteiger partial charge in [0.25, 0.3) is 0 Å². The van der Waals surface area contributed by atoms with E-state index in [0.29, 0.717) is 18.7 Å². The van der Waals surface area contributed by atoms with Crippen LogP contribution < -0.4 is 5.32 Å². The average Bonchev–Trinajstić information content (AvgIpc) is 2.98. The van der Waals surface area contributed by atoms with E-state index in [4.69, 9.17) is 4.74 Å². The number of nitrogens with one attached hydrogen (secondary N) is 1. The smallest absolute Gasteiger partial charge is 0.131 e. The van der Waals surface area contributed by atoms with Crippen LogP contribution in [-0.2, 0) is 11.3 Å². The van der Waals surface area contributed by atoms with E-state index in [1.165, 1.54) is 0 Å². The zero-order valence-corrected chi connectivity index (χ0v) is 12.7. The topological polar surface area (TPSA) is 21.3 Å². The van der Waals surface area contributed by atoms with Crippen LogP contribution in [0.2, 0.25) is 0 Å². The van der Waals surface area contributed by atoms with Gasteiger partial charge in [0, 0.05) is 29.6 Å². The molecular formula is C16H20FNOS. The minimum atomic E-state index is -0.168. The monoisotopic (exact) mass is 293 g/mol. The molecule has 1 N–H and O–H groups in total. The van der Waals surface area contributed by atoms with Gasteiger partial charge in [0.05, 0.1) is 6.61 Å². The van der Waals surface area contributed by atoms with Gasteiger partial charge in [0.15, 0.2) is 0 Å². The summed E-state index contributed by atoms with van der Waals surface area (Å²) >= 11 is 1.55. The lowest BCUT2D eigenvalue weighted by atomic mass is 10.1. The predicted octanol–water partition coefficient (Wildman–Crippen LogP) is 4.07. The Hall–Kier alpha value is -1.23. The molecule has 2 rings (SSSR count). The number of hydrogen-bond acceptors (Lipinski definition) is 3. The molecule has 4 heteroatoms. The maximum Gasteiger partial charge on any atom is 0.131 e. The molecule has 20 heavy (non-hydrogen) atoms. The van der Waals surface area contributed by atoms with E-state index >= 15 is 0 Å². The molecule has 108 valence electrons. The van der Waals surface area contributed by atoms with Crippen molar-refractivity contribution in [1.29, 1.82) is 0 Å². The van der Waals surface area contributed by atoms with Crippen LogP contribution in [-0.4, -0.2) is 19.3 Å². The Balaban J connectivity index is 2.01. The molecule has 0 fully saturated rings. The van der Waals surface area contributed by atoms with Crippen LogP contribution in [0.4, 0.5) is 4.39 Å². The third kappa shape index (κ3) is 4.13. The molecule has 0 saturated heterocycles. The summed E-state index contributed by atoms with van der Waals surface area (Å²) < 4.78 is 19.2. The van der Waals surface area contributed by atoms with Gasteiger partial charge in [0.1, 0.15) is 5.82 Å². The Kier molecular flexibility index (Phi) is 5.71.